The van der Waals surface area contributed by atoms with Crippen molar-refractivity contribution in [1.82, 2.24) is 0 Å². The molecule has 2 nitrogen and oxygen atoms in total. The van der Waals surface area contributed by atoms with E-state index in [1.165, 1.54) is 0 Å². The lowest BCUT2D eigenvalue weighted by Crippen LogP contribution is -2.13. The maximum atomic E-state index is 11.2. The van der Waals surface area contributed by atoms with Crippen molar-refractivity contribution < 1.29 is 9.53 Å². The van der Waals surface area contributed by atoms with E-state index in [-0.39, 0.29) is 17.8 Å². The maximum absolute atomic E-state index is 11.2. The van der Waals surface area contributed by atoms with Crippen LogP contribution >= 0.6 is 0 Å². The third-order valence-corrected chi connectivity index (χ3v) is 2.00. The fraction of sp³-hybridized carbons (Fsp3) is 0.667. The Morgan fingerprint density at radius 2 is 2.55 bits per heavy atom. The van der Waals surface area contributed by atoms with Gasteiger partial charge in [0.05, 0.1) is 12.7 Å². The van der Waals surface area contributed by atoms with Crippen LogP contribution in [0.4, 0.5) is 0 Å². The Kier molecular flexibility index (Phi) is 2.83. The van der Waals surface area contributed by atoms with Gasteiger partial charge < -0.3 is 4.74 Å². The van der Waals surface area contributed by atoms with Gasteiger partial charge in [-0.25, -0.2) is 0 Å². The third-order valence-electron chi connectivity index (χ3n) is 2.00. The Hall–Kier alpha value is -0.630. The quantitative estimate of drug-likeness (QED) is 0.576. The van der Waals surface area contributed by atoms with Crippen molar-refractivity contribution in [2.45, 2.75) is 25.9 Å². The molecule has 1 aliphatic heterocycles. The van der Waals surface area contributed by atoms with Crippen LogP contribution in [0.3, 0.4) is 0 Å². The van der Waals surface area contributed by atoms with E-state index in [0.717, 1.165) is 6.42 Å². The first-order valence-electron chi connectivity index (χ1n) is 3.99. The molecule has 62 valence electrons. The van der Waals surface area contributed by atoms with Gasteiger partial charge >= 0.3 is 0 Å². The summed E-state index contributed by atoms with van der Waals surface area (Å²) < 4.78 is 5.28. The highest BCUT2D eigenvalue weighted by molar-refractivity contribution is 5.82. The summed E-state index contributed by atoms with van der Waals surface area (Å²) in [7, 11) is 0. The number of ether oxygens (including phenoxy) is 1. The highest BCUT2D eigenvalue weighted by atomic mass is 16.5. The maximum Gasteiger partial charge on any atom is 0.142 e. The van der Waals surface area contributed by atoms with Crippen molar-refractivity contribution >= 4 is 5.78 Å². The molecule has 1 fully saturated rings. The average molecular weight is 154 g/mol. The molecule has 0 radical (unpaired) electrons. The molecule has 0 N–H and O–H groups in total. The van der Waals surface area contributed by atoms with Crippen molar-refractivity contribution in [1.29, 1.82) is 0 Å². The van der Waals surface area contributed by atoms with Crippen LogP contribution in [0.25, 0.3) is 0 Å². The first kappa shape index (κ1) is 8.47. The van der Waals surface area contributed by atoms with Crippen LogP contribution in [0.2, 0.25) is 0 Å². The number of Topliss-reactive ketones (excluding diaryl/α,β-unsaturated/α-hetero) is 1. The van der Waals surface area contributed by atoms with E-state index in [1.54, 1.807) is 6.08 Å². The predicted molar refractivity (Wildman–Crippen MR) is 43.3 cm³/mol. The number of carbonyl (C=O) groups is 1. The van der Waals surface area contributed by atoms with Crippen LogP contribution < -0.4 is 0 Å². The number of ketones is 1. The minimum Gasteiger partial charge on any atom is -0.378 e. The van der Waals surface area contributed by atoms with E-state index in [0.29, 0.717) is 13.0 Å². The third kappa shape index (κ3) is 2.15. The lowest BCUT2D eigenvalue weighted by molar-refractivity contribution is -0.121. The lowest BCUT2D eigenvalue weighted by atomic mass is 9.99. The van der Waals surface area contributed by atoms with Gasteiger partial charge in [-0.05, 0) is 13.3 Å². The van der Waals surface area contributed by atoms with Gasteiger partial charge in [0.15, 0.2) is 0 Å². The van der Waals surface area contributed by atoms with Gasteiger partial charge in [-0.15, -0.1) is 6.58 Å². The molecule has 1 rings (SSSR count). The summed E-state index contributed by atoms with van der Waals surface area (Å²) in [5.41, 5.74) is 0. The van der Waals surface area contributed by atoms with E-state index in [9.17, 15) is 4.79 Å². The highest BCUT2D eigenvalue weighted by Crippen LogP contribution is 2.20. The van der Waals surface area contributed by atoms with Crippen LogP contribution in [0.15, 0.2) is 12.7 Å². The smallest absolute Gasteiger partial charge is 0.142 e. The molecule has 0 saturated carbocycles. The fourth-order valence-electron chi connectivity index (χ4n) is 1.35. The number of hydrogen-bond acceptors (Lipinski definition) is 2. The van der Waals surface area contributed by atoms with Gasteiger partial charge in [-0.3, -0.25) is 4.79 Å². The molecule has 1 aliphatic rings. The van der Waals surface area contributed by atoms with Gasteiger partial charge in [0.25, 0.3) is 0 Å². The van der Waals surface area contributed by atoms with Crippen LogP contribution in [0.5, 0.6) is 0 Å². The minimum atomic E-state index is 0.128. The molecule has 0 aliphatic carbocycles. The van der Waals surface area contributed by atoms with Gasteiger partial charge in [-0.2, -0.15) is 0 Å². The molecule has 2 atom stereocenters. The van der Waals surface area contributed by atoms with E-state index >= 15 is 0 Å². The summed E-state index contributed by atoms with van der Waals surface area (Å²) in [5.74, 6) is 0.396. The van der Waals surface area contributed by atoms with Crippen LogP contribution in [-0.4, -0.2) is 18.5 Å². The summed E-state index contributed by atoms with van der Waals surface area (Å²) in [4.78, 5) is 11.2. The molecule has 0 aromatic heterocycles. The van der Waals surface area contributed by atoms with Crippen LogP contribution in [-0.2, 0) is 9.53 Å². The van der Waals surface area contributed by atoms with Crippen molar-refractivity contribution in [3.05, 3.63) is 12.7 Å². The van der Waals surface area contributed by atoms with Crippen LogP contribution in [0, 0.1) is 5.92 Å². The molecule has 11 heavy (non-hydrogen) atoms. The highest BCUT2D eigenvalue weighted by Gasteiger charge is 2.26. The Bertz CT molecular complexity index is 163. The zero-order valence-electron chi connectivity index (χ0n) is 6.88. The van der Waals surface area contributed by atoms with Crippen LogP contribution in [0.1, 0.15) is 19.8 Å². The second kappa shape index (κ2) is 3.67. The first-order chi connectivity index (χ1) is 5.24. The second-order valence-corrected chi connectivity index (χ2v) is 3.04. The zero-order valence-corrected chi connectivity index (χ0v) is 6.88. The van der Waals surface area contributed by atoms with Crippen molar-refractivity contribution in [2.24, 2.45) is 5.92 Å². The van der Waals surface area contributed by atoms with E-state index in [1.807, 2.05) is 6.92 Å². The molecular formula is C9H14O2. The van der Waals surface area contributed by atoms with Gasteiger partial charge in [0.2, 0.25) is 0 Å². The lowest BCUT2D eigenvalue weighted by Gasteiger charge is -2.02. The molecular weight excluding hydrogens is 140 g/mol. The molecule has 0 spiro atoms. The molecule has 0 bridgehead atoms. The Labute approximate surface area is 67.2 Å². The summed E-state index contributed by atoms with van der Waals surface area (Å²) in [6, 6.07) is 0. The van der Waals surface area contributed by atoms with E-state index in [4.69, 9.17) is 4.74 Å². The molecule has 0 aromatic carbocycles. The minimum absolute atomic E-state index is 0.128. The Morgan fingerprint density at radius 1 is 1.82 bits per heavy atom. The summed E-state index contributed by atoms with van der Waals surface area (Å²) in [6.45, 7) is 6.14. The predicted octanol–water partition coefficient (Wildman–Crippen LogP) is 1.56. The monoisotopic (exact) mass is 154 g/mol. The number of carbonyl (C=O) groups excluding carboxylic acids is 1. The number of rotatable bonds is 3. The topological polar surface area (TPSA) is 26.3 Å². The Balaban J connectivity index is 2.36. The SMILES string of the molecule is C=CCC(=O)C1COC(C)C1. The molecule has 0 amide bonds. The summed E-state index contributed by atoms with van der Waals surface area (Å²) in [6.07, 6.45) is 3.28. The average Bonchev–Trinajstić information content (AvgIpc) is 2.36. The van der Waals surface area contributed by atoms with Crippen molar-refractivity contribution in [2.75, 3.05) is 6.61 Å². The molecule has 2 unspecified atom stereocenters. The van der Waals surface area contributed by atoms with Crippen molar-refractivity contribution in [3.63, 3.8) is 0 Å². The largest absolute Gasteiger partial charge is 0.378 e. The molecule has 1 heterocycles. The number of allylic oxidation sites excluding steroid dienone is 1. The Morgan fingerprint density at radius 3 is 3.00 bits per heavy atom. The molecule has 0 aromatic rings. The molecule has 2 heteroatoms. The standard InChI is InChI=1S/C9H14O2/c1-3-4-9(10)8-5-7(2)11-6-8/h3,7-8H,1,4-6H2,2H3. The fourth-order valence-corrected chi connectivity index (χ4v) is 1.35. The number of hydrogen-bond donors (Lipinski definition) is 0. The summed E-state index contributed by atoms with van der Waals surface area (Å²) >= 11 is 0. The first-order valence-corrected chi connectivity index (χ1v) is 3.99. The van der Waals surface area contributed by atoms with E-state index in [2.05, 4.69) is 6.58 Å². The van der Waals surface area contributed by atoms with Gasteiger partial charge in [0.1, 0.15) is 5.78 Å². The van der Waals surface area contributed by atoms with Gasteiger partial charge in [0, 0.05) is 12.3 Å². The van der Waals surface area contributed by atoms with Crippen molar-refractivity contribution in [3.8, 4) is 0 Å². The zero-order chi connectivity index (χ0) is 8.27. The summed E-state index contributed by atoms with van der Waals surface area (Å²) in [5, 5.41) is 0. The molecule has 1 saturated heterocycles. The second-order valence-electron chi connectivity index (χ2n) is 3.04. The van der Waals surface area contributed by atoms with E-state index < -0.39 is 0 Å². The normalized spacial score (nSPS) is 30.3. The van der Waals surface area contributed by atoms with Gasteiger partial charge in [-0.1, -0.05) is 6.08 Å².